The maximum absolute atomic E-state index is 8.90. The Labute approximate surface area is 127 Å². The monoisotopic (exact) mass is 283 g/mol. The van der Waals surface area contributed by atoms with E-state index in [0.29, 0.717) is 6.04 Å². The topological polar surface area (TPSA) is 32.3 Å². The molecule has 0 fully saturated rings. The van der Waals surface area contributed by atoms with Gasteiger partial charge >= 0.3 is 0 Å². The van der Waals surface area contributed by atoms with Gasteiger partial charge in [-0.3, -0.25) is 0 Å². The summed E-state index contributed by atoms with van der Waals surface area (Å²) in [6, 6.07) is 19.6. The molecule has 0 aromatic heterocycles. The van der Waals surface area contributed by atoms with E-state index in [-0.39, 0.29) is 6.61 Å². The molecule has 0 aliphatic carbocycles. The third-order valence-electron chi connectivity index (χ3n) is 3.67. The van der Waals surface area contributed by atoms with Crippen LogP contribution in [0.2, 0.25) is 0 Å². The van der Waals surface area contributed by atoms with Crippen LogP contribution >= 0.6 is 0 Å². The van der Waals surface area contributed by atoms with E-state index in [4.69, 9.17) is 5.11 Å². The van der Waals surface area contributed by atoms with Crippen LogP contribution in [0.4, 0.5) is 5.69 Å². The molecule has 2 heteroatoms. The first-order chi connectivity index (χ1) is 10.3. The van der Waals surface area contributed by atoms with Crippen molar-refractivity contribution in [3.05, 3.63) is 65.7 Å². The summed E-state index contributed by atoms with van der Waals surface area (Å²) in [5.74, 6) is 0. The quantitative estimate of drug-likeness (QED) is 0.766. The van der Waals surface area contributed by atoms with Crippen molar-refractivity contribution in [3.8, 4) is 0 Å². The maximum atomic E-state index is 8.90. The first-order valence-electron chi connectivity index (χ1n) is 7.78. The first-order valence-corrected chi connectivity index (χ1v) is 7.78. The Balaban J connectivity index is 1.83. The van der Waals surface area contributed by atoms with Gasteiger partial charge in [-0.05, 0) is 55.9 Å². The molecule has 0 aliphatic heterocycles. The van der Waals surface area contributed by atoms with E-state index >= 15 is 0 Å². The molecule has 1 unspecified atom stereocenters. The Morgan fingerprint density at radius 3 is 2.48 bits per heavy atom. The Hall–Kier alpha value is -1.80. The van der Waals surface area contributed by atoms with Crippen molar-refractivity contribution in [3.63, 3.8) is 0 Å². The van der Waals surface area contributed by atoms with Crippen LogP contribution in [-0.2, 0) is 12.8 Å². The number of aryl methyl sites for hydroxylation is 2. The molecule has 0 radical (unpaired) electrons. The predicted molar refractivity (Wildman–Crippen MR) is 89.7 cm³/mol. The average Bonchev–Trinajstić information content (AvgIpc) is 2.52. The van der Waals surface area contributed by atoms with Crippen LogP contribution in [0.3, 0.4) is 0 Å². The van der Waals surface area contributed by atoms with Crippen molar-refractivity contribution in [1.82, 2.24) is 0 Å². The Bertz CT molecular complexity index is 524. The van der Waals surface area contributed by atoms with E-state index in [1.165, 1.54) is 16.8 Å². The largest absolute Gasteiger partial charge is 0.396 e. The van der Waals surface area contributed by atoms with Crippen molar-refractivity contribution in [2.24, 2.45) is 0 Å². The fourth-order valence-electron chi connectivity index (χ4n) is 2.48. The van der Waals surface area contributed by atoms with Gasteiger partial charge in [0.1, 0.15) is 0 Å². The normalized spacial score (nSPS) is 12.1. The fraction of sp³-hybridized carbons (Fsp3) is 0.368. The van der Waals surface area contributed by atoms with E-state index in [2.05, 4.69) is 66.8 Å². The minimum Gasteiger partial charge on any atom is -0.396 e. The highest BCUT2D eigenvalue weighted by Crippen LogP contribution is 2.15. The van der Waals surface area contributed by atoms with Crippen LogP contribution < -0.4 is 5.32 Å². The molecule has 0 saturated heterocycles. The molecule has 21 heavy (non-hydrogen) atoms. The van der Waals surface area contributed by atoms with Gasteiger partial charge in [0.05, 0.1) is 0 Å². The lowest BCUT2D eigenvalue weighted by atomic mass is 10.1. The minimum absolute atomic E-state index is 0.255. The molecule has 112 valence electrons. The lowest BCUT2D eigenvalue weighted by molar-refractivity contribution is 0.288. The van der Waals surface area contributed by atoms with E-state index in [1.807, 2.05) is 0 Å². The number of aliphatic hydroxyl groups excluding tert-OH is 1. The summed E-state index contributed by atoms with van der Waals surface area (Å²) in [5.41, 5.74) is 3.85. The zero-order valence-electron chi connectivity index (χ0n) is 12.8. The molecule has 1 atom stereocenters. The smallest absolute Gasteiger partial charge is 0.0434 e. The van der Waals surface area contributed by atoms with E-state index in [1.54, 1.807) is 0 Å². The van der Waals surface area contributed by atoms with Crippen molar-refractivity contribution < 1.29 is 5.11 Å². The van der Waals surface area contributed by atoms with Crippen molar-refractivity contribution in [1.29, 1.82) is 0 Å². The Morgan fingerprint density at radius 2 is 1.71 bits per heavy atom. The summed E-state index contributed by atoms with van der Waals surface area (Å²) in [7, 11) is 0. The van der Waals surface area contributed by atoms with Crippen LogP contribution in [0.5, 0.6) is 0 Å². The molecule has 0 bridgehead atoms. The van der Waals surface area contributed by atoms with Gasteiger partial charge in [-0.1, -0.05) is 42.5 Å². The second-order valence-electron chi connectivity index (χ2n) is 5.60. The molecular formula is C19H25NO. The van der Waals surface area contributed by atoms with Gasteiger partial charge in [-0.15, -0.1) is 0 Å². The van der Waals surface area contributed by atoms with Gasteiger partial charge < -0.3 is 10.4 Å². The summed E-state index contributed by atoms with van der Waals surface area (Å²) in [6.07, 6.45) is 3.97. The summed E-state index contributed by atoms with van der Waals surface area (Å²) >= 11 is 0. The second kappa shape index (κ2) is 8.48. The van der Waals surface area contributed by atoms with Crippen molar-refractivity contribution >= 4 is 5.69 Å². The zero-order chi connectivity index (χ0) is 14.9. The van der Waals surface area contributed by atoms with Crippen LogP contribution in [0, 0.1) is 0 Å². The predicted octanol–water partition coefficient (Wildman–Crippen LogP) is 4.04. The van der Waals surface area contributed by atoms with Crippen molar-refractivity contribution in [2.45, 2.75) is 38.6 Å². The van der Waals surface area contributed by atoms with E-state index in [0.717, 1.165) is 25.7 Å². The summed E-state index contributed by atoms with van der Waals surface area (Å²) in [5, 5.41) is 12.5. The first kappa shape index (κ1) is 15.6. The van der Waals surface area contributed by atoms with Gasteiger partial charge in [0.15, 0.2) is 0 Å². The van der Waals surface area contributed by atoms with Crippen LogP contribution in [0.25, 0.3) is 0 Å². The molecule has 2 N–H and O–H groups in total. The van der Waals surface area contributed by atoms with Gasteiger partial charge in [0.25, 0.3) is 0 Å². The highest BCUT2D eigenvalue weighted by Gasteiger charge is 2.03. The number of anilines is 1. The maximum Gasteiger partial charge on any atom is 0.0434 e. The Morgan fingerprint density at radius 1 is 0.952 bits per heavy atom. The Kier molecular flexibility index (Phi) is 6.29. The molecule has 2 aromatic carbocycles. The number of benzene rings is 2. The lowest BCUT2D eigenvalue weighted by Gasteiger charge is -2.16. The summed E-state index contributed by atoms with van der Waals surface area (Å²) in [6.45, 7) is 2.48. The second-order valence-corrected chi connectivity index (χ2v) is 5.60. The van der Waals surface area contributed by atoms with Gasteiger partial charge in [-0.2, -0.15) is 0 Å². The van der Waals surface area contributed by atoms with Gasteiger partial charge in [-0.25, -0.2) is 0 Å². The SMILES string of the molecule is CC(CCc1ccccc1)Nc1cccc(CCCO)c1. The van der Waals surface area contributed by atoms with E-state index < -0.39 is 0 Å². The molecule has 0 aliphatic rings. The molecule has 0 heterocycles. The third-order valence-corrected chi connectivity index (χ3v) is 3.67. The lowest BCUT2D eigenvalue weighted by Crippen LogP contribution is -2.16. The highest BCUT2D eigenvalue weighted by molar-refractivity contribution is 5.46. The third kappa shape index (κ3) is 5.60. The highest BCUT2D eigenvalue weighted by atomic mass is 16.2. The van der Waals surface area contributed by atoms with E-state index in [9.17, 15) is 0 Å². The number of aliphatic hydroxyl groups is 1. The molecule has 0 amide bonds. The number of rotatable bonds is 8. The molecule has 2 rings (SSSR count). The van der Waals surface area contributed by atoms with Gasteiger partial charge in [0, 0.05) is 18.3 Å². The zero-order valence-corrected chi connectivity index (χ0v) is 12.8. The fourth-order valence-corrected chi connectivity index (χ4v) is 2.48. The van der Waals surface area contributed by atoms with Gasteiger partial charge in [0.2, 0.25) is 0 Å². The van der Waals surface area contributed by atoms with Crippen LogP contribution in [0.1, 0.15) is 30.9 Å². The van der Waals surface area contributed by atoms with Crippen LogP contribution in [-0.4, -0.2) is 17.8 Å². The number of nitrogens with one attached hydrogen (secondary N) is 1. The number of hydrogen-bond donors (Lipinski definition) is 2. The molecule has 0 spiro atoms. The van der Waals surface area contributed by atoms with Crippen LogP contribution in [0.15, 0.2) is 54.6 Å². The standard InChI is InChI=1S/C19H25NO/c1-16(12-13-17-7-3-2-4-8-17)20-19-11-5-9-18(15-19)10-6-14-21/h2-5,7-9,11,15-16,20-21H,6,10,12-14H2,1H3. The summed E-state index contributed by atoms with van der Waals surface area (Å²) < 4.78 is 0. The van der Waals surface area contributed by atoms with Crippen molar-refractivity contribution in [2.75, 3.05) is 11.9 Å². The average molecular weight is 283 g/mol. The molecule has 0 saturated carbocycles. The molecule has 2 aromatic rings. The minimum atomic E-state index is 0.255. The molecular weight excluding hydrogens is 258 g/mol. The summed E-state index contributed by atoms with van der Waals surface area (Å²) in [4.78, 5) is 0. The molecule has 2 nitrogen and oxygen atoms in total. The number of hydrogen-bond acceptors (Lipinski definition) is 2.